The van der Waals surface area contributed by atoms with Crippen LogP contribution in [0.3, 0.4) is 0 Å². The number of thiophene rings is 1. The predicted octanol–water partition coefficient (Wildman–Crippen LogP) is 4.55. The second-order valence-corrected chi connectivity index (χ2v) is 9.83. The SMILES string of the molecule is CCOC(=O)c1cc(NC(=O)CN(c2ccc(F)cc2)S(=O)(=O)c2cccs2)ccc1Cl. The van der Waals surface area contributed by atoms with Gasteiger partial charge in [0.25, 0.3) is 10.0 Å². The van der Waals surface area contributed by atoms with Gasteiger partial charge in [-0.25, -0.2) is 17.6 Å². The lowest BCUT2D eigenvalue weighted by Crippen LogP contribution is -2.37. The molecule has 0 aliphatic rings. The minimum atomic E-state index is -4.07. The molecule has 11 heteroatoms. The topological polar surface area (TPSA) is 92.8 Å². The van der Waals surface area contributed by atoms with Crippen molar-refractivity contribution in [1.29, 1.82) is 0 Å². The molecule has 0 fully saturated rings. The van der Waals surface area contributed by atoms with E-state index in [2.05, 4.69) is 5.32 Å². The Hall–Kier alpha value is -2.95. The Labute approximate surface area is 193 Å². The molecule has 0 spiro atoms. The highest BCUT2D eigenvalue weighted by Crippen LogP contribution is 2.27. The maximum absolute atomic E-state index is 13.4. The Kier molecular flexibility index (Phi) is 7.49. The van der Waals surface area contributed by atoms with Gasteiger partial charge in [-0.3, -0.25) is 9.10 Å². The summed E-state index contributed by atoms with van der Waals surface area (Å²) in [5.41, 5.74) is 0.418. The van der Waals surface area contributed by atoms with E-state index in [1.807, 2.05) is 0 Å². The average Bonchev–Trinajstić information content (AvgIpc) is 3.30. The average molecular weight is 497 g/mol. The summed E-state index contributed by atoms with van der Waals surface area (Å²) in [5.74, 6) is -1.87. The first-order valence-corrected chi connectivity index (χ1v) is 12.0. The summed E-state index contributed by atoms with van der Waals surface area (Å²) < 4.78 is 45.4. The Bertz CT molecular complexity index is 1220. The predicted molar refractivity (Wildman–Crippen MR) is 121 cm³/mol. The van der Waals surface area contributed by atoms with Crippen molar-refractivity contribution >= 4 is 56.2 Å². The first kappa shape index (κ1) is 23.7. The highest BCUT2D eigenvalue weighted by Gasteiger charge is 2.28. The lowest BCUT2D eigenvalue weighted by Gasteiger charge is -2.23. The molecule has 3 aromatic rings. The number of benzene rings is 2. The van der Waals surface area contributed by atoms with E-state index >= 15 is 0 Å². The largest absolute Gasteiger partial charge is 0.462 e. The van der Waals surface area contributed by atoms with Crippen molar-refractivity contribution in [1.82, 2.24) is 0 Å². The van der Waals surface area contributed by atoms with E-state index in [4.69, 9.17) is 16.3 Å². The van der Waals surface area contributed by atoms with Crippen LogP contribution < -0.4 is 9.62 Å². The van der Waals surface area contributed by atoms with Crippen molar-refractivity contribution in [3.05, 3.63) is 76.4 Å². The summed E-state index contributed by atoms with van der Waals surface area (Å²) >= 11 is 7.02. The second kappa shape index (κ2) is 10.1. The van der Waals surface area contributed by atoms with Gasteiger partial charge in [0.15, 0.2) is 0 Å². The van der Waals surface area contributed by atoms with E-state index in [1.54, 1.807) is 18.4 Å². The van der Waals surface area contributed by atoms with Crippen molar-refractivity contribution < 1.29 is 27.1 Å². The van der Waals surface area contributed by atoms with Gasteiger partial charge in [-0.05, 0) is 60.8 Å². The Morgan fingerprint density at radius 1 is 1.16 bits per heavy atom. The number of carbonyl (C=O) groups excluding carboxylic acids is 2. The molecule has 7 nitrogen and oxygen atoms in total. The molecular weight excluding hydrogens is 479 g/mol. The molecule has 0 saturated carbocycles. The fourth-order valence-corrected chi connectivity index (χ4v) is 5.46. The number of amides is 1. The van der Waals surface area contributed by atoms with Gasteiger partial charge in [-0.2, -0.15) is 0 Å². The number of hydrogen-bond donors (Lipinski definition) is 1. The van der Waals surface area contributed by atoms with Gasteiger partial charge >= 0.3 is 5.97 Å². The van der Waals surface area contributed by atoms with Gasteiger partial charge in [0, 0.05) is 5.69 Å². The third-order valence-electron chi connectivity index (χ3n) is 4.19. The highest BCUT2D eigenvalue weighted by molar-refractivity contribution is 7.94. The third kappa shape index (κ3) is 5.45. The maximum atomic E-state index is 13.4. The van der Waals surface area contributed by atoms with Crippen LogP contribution in [0.4, 0.5) is 15.8 Å². The first-order chi connectivity index (χ1) is 15.2. The number of nitrogens with one attached hydrogen (secondary N) is 1. The number of carbonyl (C=O) groups is 2. The minimum absolute atomic E-state index is 0.0331. The number of hydrogen-bond acceptors (Lipinski definition) is 6. The first-order valence-electron chi connectivity index (χ1n) is 9.30. The fourth-order valence-electron chi connectivity index (χ4n) is 2.74. The lowest BCUT2D eigenvalue weighted by molar-refractivity contribution is -0.114. The minimum Gasteiger partial charge on any atom is -0.462 e. The molecular formula is C21H18ClFN2O5S2. The van der Waals surface area contributed by atoms with Crippen LogP contribution in [0.15, 0.2) is 64.2 Å². The molecule has 32 heavy (non-hydrogen) atoms. The maximum Gasteiger partial charge on any atom is 0.339 e. The van der Waals surface area contributed by atoms with E-state index in [1.165, 1.54) is 36.4 Å². The summed E-state index contributed by atoms with van der Waals surface area (Å²) in [6.07, 6.45) is 0. The van der Waals surface area contributed by atoms with Crippen molar-refractivity contribution in [2.24, 2.45) is 0 Å². The van der Waals surface area contributed by atoms with Crippen LogP contribution in [0.5, 0.6) is 0 Å². The molecule has 0 saturated heterocycles. The number of ether oxygens (including phenoxy) is 1. The molecule has 0 unspecified atom stereocenters. The Morgan fingerprint density at radius 3 is 2.50 bits per heavy atom. The van der Waals surface area contributed by atoms with Crippen molar-refractivity contribution in [3.8, 4) is 0 Å². The van der Waals surface area contributed by atoms with E-state index in [0.29, 0.717) is 0 Å². The number of esters is 1. The third-order valence-corrected chi connectivity index (χ3v) is 7.66. The van der Waals surface area contributed by atoms with Crippen molar-refractivity contribution in [2.75, 3.05) is 22.8 Å². The number of halogens is 2. The zero-order valence-corrected chi connectivity index (χ0v) is 19.1. The van der Waals surface area contributed by atoms with Crippen LogP contribution in [0.25, 0.3) is 0 Å². The molecule has 3 rings (SSSR count). The normalized spacial score (nSPS) is 11.1. The molecule has 0 bridgehead atoms. The molecule has 168 valence electrons. The zero-order valence-electron chi connectivity index (χ0n) is 16.7. The van der Waals surface area contributed by atoms with Crippen LogP contribution in [-0.2, 0) is 19.6 Å². The standard InChI is InChI=1S/C21H18ClFN2O5S2/c1-2-30-21(27)17-12-15(7-10-18(17)22)24-19(26)13-25(16-8-5-14(23)6-9-16)32(28,29)20-4-3-11-31-20/h3-12H,2,13H2,1H3,(H,24,26). The number of rotatable bonds is 8. The monoisotopic (exact) mass is 496 g/mol. The van der Waals surface area contributed by atoms with Gasteiger partial charge in [-0.15, -0.1) is 11.3 Å². The summed E-state index contributed by atoms with van der Waals surface area (Å²) in [7, 11) is -4.07. The van der Waals surface area contributed by atoms with E-state index < -0.39 is 34.3 Å². The quantitative estimate of drug-likeness (QED) is 0.462. The summed E-state index contributed by atoms with van der Waals surface area (Å²) in [5, 5.41) is 4.30. The number of nitrogens with zero attached hydrogens (tertiary/aromatic N) is 1. The van der Waals surface area contributed by atoms with Gasteiger partial charge in [0.05, 0.1) is 22.9 Å². The van der Waals surface area contributed by atoms with Gasteiger partial charge in [0.1, 0.15) is 16.6 Å². The smallest absolute Gasteiger partial charge is 0.339 e. The Balaban J connectivity index is 1.87. The second-order valence-electron chi connectivity index (χ2n) is 6.38. The van der Waals surface area contributed by atoms with Gasteiger partial charge < -0.3 is 10.1 Å². The van der Waals surface area contributed by atoms with Gasteiger partial charge in [-0.1, -0.05) is 17.7 Å². The molecule has 2 aromatic carbocycles. The summed E-state index contributed by atoms with van der Waals surface area (Å²) in [6.45, 7) is 1.22. The molecule has 0 atom stereocenters. The molecule has 0 radical (unpaired) electrons. The molecule has 1 aromatic heterocycles. The zero-order chi connectivity index (χ0) is 23.3. The van der Waals surface area contributed by atoms with E-state index in [0.717, 1.165) is 27.8 Å². The van der Waals surface area contributed by atoms with Crippen LogP contribution in [-0.4, -0.2) is 33.4 Å². The van der Waals surface area contributed by atoms with Crippen LogP contribution in [0.2, 0.25) is 5.02 Å². The van der Waals surface area contributed by atoms with Crippen molar-refractivity contribution in [2.45, 2.75) is 11.1 Å². The molecule has 1 N–H and O–H groups in total. The molecule has 0 aliphatic carbocycles. The summed E-state index contributed by atoms with van der Waals surface area (Å²) in [6, 6.07) is 12.0. The molecule has 1 heterocycles. The summed E-state index contributed by atoms with van der Waals surface area (Å²) in [4.78, 5) is 24.8. The lowest BCUT2D eigenvalue weighted by atomic mass is 10.2. The molecule has 0 aliphatic heterocycles. The number of sulfonamides is 1. The van der Waals surface area contributed by atoms with E-state index in [-0.39, 0.29) is 32.8 Å². The van der Waals surface area contributed by atoms with Crippen molar-refractivity contribution in [3.63, 3.8) is 0 Å². The van der Waals surface area contributed by atoms with Crippen LogP contribution in [0.1, 0.15) is 17.3 Å². The van der Waals surface area contributed by atoms with Crippen LogP contribution >= 0.6 is 22.9 Å². The Morgan fingerprint density at radius 2 is 1.88 bits per heavy atom. The van der Waals surface area contributed by atoms with Gasteiger partial charge in [0.2, 0.25) is 5.91 Å². The number of anilines is 2. The fraction of sp³-hybridized carbons (Fsp3) is 0.143. The van der Waals surface area contributed by atoms with Crippen LogP contribution in [0, 0.1) is 5.82 Å². The molecule has 1 amide bonds. The van der Waals surface area contributed by atoms with E-state index in [9.17, 15) is 22.4 Å². The highest BCUT2D eigenvalue weighted by atomic mass is 35.5.